The van der Waals surface area contributed by atoms with E-state index in [1.54, 1.807) is 0 Å². The fourth-order valence-corrected chi connectivity index (χ4v) is 3.95. The highest BCUT2D eigenvalue weighted by atomic mass is 79.9. The number of rotatable bonds is 9. The minimum atomic E-state index is -0.766. The van der Waals surface area contributed by atoms with Crippen molar-refractivity contribution in [1.82, 2.24) is 4.98 Å². The van der Waals surface area contributed by atoms with Crippen LogP contribution in [0, 0.1) is 11.3 Å². The molecule has 0 fully saturated rings. The van der Waals surface area contributed by atoms with Gasteiger partial charge in [-0.15, -0.1) is 11.3 Å². The molecular weight excluding hydrogens is 398 g/mol. The third kappa shape index (κ3) is 5.46. The molecule has 0 unspecified atom stereocenters. The molecule has 0 aliphatic rings. The fraction of sp³-hybridized carbons (Fsp3) is 0.421. The first-order valence-electron chi connectivity index (χ1n) is 8.56. The zero-order valence-electron chi connectivity index (χ0n) is 14.6. The summed E-state index contributed by atoms with van der Waals surface area (Å²) in [6.07, 6.45) is 2.07. The van der Waals surface area contributed by atoms with Crippen LogP contribution in [0.4, 0.5) is 0 Å². The fourth-order valence-electron chi connectivity index (χ4n) is 2.80. The van der Waals surface area contributed by atoms with Gasteiger partial charge in [0.05, 0.1) is 24.9 Å². The lowest BCUT2D eigenvalue weighted by atomic mass is 10.1. The molecule has 0 bridgehead atoms. The Kier molecular flexibility index (Phi) is 7.76. The van der Waals surface area contributed by atoms with Gasteiger partial charge in [0.15, 0.2) is 5.92 Å². The summed E-state index contributed by atoms with van der Waals surface area (Å²) in [5, 5.41) is 12.0. The number of carbonyl (C=O) groups is 1. The number of aromatic nitrogens is 1. The van der Waals surface area contributed by atoms with E-state index >= 15 is 0 Å². The standard InChI is InChI=1S/C19H22BrN3OS/c1-3-9-23(10-4-2)12-18(24)16(11-21)19-22-17(13-25-19)14-5-7-15(20)8-6-14/h5-8,13,16H,3-4,9-10,12H2,1-2H3/p+1/t16-/m1/s1. The number of halogens is 1. The number of hydrogen-bond donors (Lipinski definition) is 1. The highest BCUT2D eigenvalue weighted by molar-refractivity contribution is 9.10. The molecule has 0 aliphatic carbocycles. The Morgan fingerprint density at radius 2 is 1.92 bits per heavy atom. The van der Waals surface area contributed by atoms with Gasteiger partial charge >= 0.3 is 0 Å². The Morgan fingerprint density at radius 3 is 2.48 bits per heavy atom. The minimum Gasteiger partial charge on any atom is -0.329 e. The monoisotopic (exact) mass is 420 g/mol. The predicted octanol–water partition coefficient (Wildman–Crippen LogP) is 3.45. The van der Waals surface area contributed by atoms with Gasteiger partial charge in [-0.3, -0.25) is 4.79 Å². The summed E-state index contributed by atoms with van der Waals surface area (Å²) >= 11 is 4.81. The van der Waals surface area contributed by atoms with Crippen molar-refractivity contribution in [3.8, 4) is 17.3 Å². The highest BCUT2D eigenvalue weighted by Crippen LogP contribution is 2.27. The Morgan fingerprint density at radius 1 is 1.28 bits per heavy atom. The van der Waals surface area contributed by atoms with E-state index < -0.39 is 5.92 Å². The first kappa shape index (κ1) is 19.8. The Bertz CT molecular complexity index is 730. The zero-order chi connectivity index (χ0) is 18.2. The highest BCUT2D eigenvalue weighted by Gasteiger charge is 2.27. The van der Waals surface area contributed by atoms with E-state index in [1.807, 2.05) is 29.6 Å². The Hall–Kier alpha value is -1.55. The first-order valence-corrected chi connectivity index (χ1v) is 10.2. The number of ketones is 1. The van der Waals surface area contributed by atoms with Crippen molar-refractivity contribution in [3.63, 3.8) is 0 Å². The van der Waals surface area contributed by atoms with Crippen LogP contribution in [0.3, 0.4) is 0 Å². The second-order valence-corrected chi connectivity index (χ2v) is 7.84. The van der Waals surface area contributed by atoms with Crippen molar-refractivity contribution in [2.45, 2.75) is 32.6 Å². The molecule has 132 valence electrons. The molecule has 1 N–H and O–H groups in total. The lowest BCUT2D eigenvalue weighted by molar-refractivity contribution is -0.892. The van der Waals surface area contributed by atoms with E-state index in [9.17, 15) is 10.1 Å². The number of carbonyl (C=O) groups excluding carboxylic acids is 1. The van der Waals surface area contributed by atoms with Gasteiger partial charge in [0.2, 0.25) is 5.78 Å². The summed E-state index contributed by atoms with van der Waals surface area (Å²) in [5.41, 5.74) is 1.80. The molecule has 0 saturated heterocycles. The Labute approximate surface area is 161 Å². The van der Waals surface area contributed by atoms with E-state index in [2.05, 4.69) is 40.8 Å². The molecule has 0 radical (unpaired) electrons. The van der Waals surface area contributed by atoms with Gasteiger partial charge in [0, 0.05) is 15.4 Å². The lowest BCUT2D eigenvalue weighted by Gasteiger charge is -2.18. The molecule has 0 saturated carbocycles. The van der Waals surface area contributed by atoms with Crippen LogP contribution in [0.2, 0.25) is 0 Å². The van der Waals surface area contributed by atoms with Crippen LogP contribution in [0.5, 0.6) is 0 Å². The summed E-state index contributed by atoms with van der Waals surface area (Å²) in [6, 6.07) is 10.0. The van der Waals surface area contributed by atoms with Gasteiger partial charge in [-0.2, -0.15) is 5.26 Å². The second-order valence-electron chi connectivity index (χ2n) is 6.03. The van der Waals surface area contributed by atoms with Crippen LogP contribution < -0.4 is 4.90 Å². The summed E-state index contributed by atoms with van der Waals surface area (Å²) in [4.78, 5) is 18.4. The van der Waals surface area contributed by atoms with E-state index in [0.29, 0.717) is 11.6 Å². The quantitative estimate of drug-likeness (QED) is 0.675. The van der Waals surface area contributed by atoms with Crippen LogP contribution in [-0.4, -0.2) is 30.4 Å². The number of hydrogen-bond acceptors (Lipinski definition) is 4. The smallest absolute Gasteiger partial charge is 0.210 e. The van der Waals surface area contributed by atoms with Crippen molar-refractivity contribution in [3.05, 3.63) is 39.1 Å². The molecule has 1 heterocycles. The maximum atomic E-state index is 12.6. The molecule has 2 rings (SSSR count). The van der Waals surface area contributed by atoms with Gasteiger partial charge in [-0.05, 0) is 25.0 Å². The lowest BCUT2D eigenvalue weighted by Crippen LogP contribution is -3.13. The molecule has 25 heavy (non-hydrogen) atoms. The number of quaternary nitrogens is 1. The largest absolute Gasteiger partial charge is 0.329 e. The van der Waals surface area contributed by atoms with Gasteiger partial charge in [-0.25, -0.2) is 4.98 Å². The first-order chi connectivity index (χ1) is 12.1. The SMILES string of the molecule is CCC[NH+](CCC)CC(=O)[C@@H](C#N)c1nc(-c2ccc(Br)cc2)cs1. The summed E-state index contributed by atoms with van der Waals surface area (Å²) in [6.45, 7) is 6.55. The number of nitrogens with zero attached hydrogens (tertiary/aromatic N) is 2. The van der Waals surface area contributed by atoms with Crippen LogP contribution in [0.1, 0.15) is 37.6 Å². The molecule has 2 aromatic rings. The second kappa shape index (κ2) is 9.81. The van der Waals surface area contributed by atoms with Crippen molar-refractivity contribution >= 4 is 33.0 Å². The van der Waals surface area contributed by atoms with Crippen LogP contribution in [-0.2, 0) is 4.79 Å². The maximum absolute atomic E-state index is 12.6. The third-order valence-electron chi connectivity index (χ3n) is 3.99. The summed E-state index contributed by atoms with van der Waals surface area (Å²) < 4.78 is 1.01. The van der Waals surface area contributed by atoms with E-state index in [1.165, 1.54) is 16.2 Å². The molecule has 0 spiro atoms. The van der Waals surface area contributed by atoms with Crippen LogP contribution in [0.25, 0.3) is 11.3 Å². The van der Waals surface area contributed by atoms with Gasteiger partial charge < -0.3 is 4.90 Å². The summed E-state index contributed by atoms with van der Waals surface area (Å²) in [7, 11) is 0. The molecule has 6 heteroatoms. The third-order valence-corrected chi connectivity index (χ3v) is 5.43. The van der Waals surface area contributed by atoms with E-state index in [0.717, 1.165) is 41.7 Å². The normalized spacial score (nSPS) is 12.1. The van der Waals surface area contributed by atoms with Gasteiger partial charge in [0.1, 0.15) is 11.6 Å². The Balaban J connectivity index is 2.13. The predicted molar refractivity (Wildman–Crippen MR) is 105 cm³/mol. The van der Waals surface area contributed by atoms with Crippen molar-refractivity contribution in [1.29, 1.82) is 5.26 Å². The topological polar surface area (TPSA) is 58.2 Å². The maximum Gasteiger partial charge on any atom is 0.210 e. The average Bonchev–Trinajstić information content (AvgIpc) is 3.06. The molecule has 4 nitrogen and oxygen atoms in total. The number of thiazole rings is 1. The number of benzene rings is 1. The average molecular weight is 421 g/mol. The molecule has 1 aromatic carbocycles. The van der Waals surface area contributed by atoms with Crippen LogP contribution in [0.15, 0.2) is 34.1 Å². The molecule has 1 atom stereocenters. The number of nitriles is 1. The minimum absolute atomic E-state index is 0.0314. The van der Waals surface area contributed by atoms with Gasteiger partial charge in [-0.1, -0.05) is 41.9 Å². The zero-order valence-corrected chi connectivity index (χ0v) is 17.0. The number of nitrogens with one attached hydrogen (secondary N) is 1. The van der Waals surface area contributed by atoms with Crippen molar-refractivity contribution < 1.29 is 9.69 Å². The molecule has 0 aliphatic heterocycles. The van der Waals surface area contributed by atoms with Crippen molar-refractivity contribution in [2.24, 2.45) is 0 Å². The summed E-state index contributed by atoms with van der Waals surface area (Å²) in [5.74, 6) is -0.797. The van der Waals surface area contributed by atoms with Crippen LogP contribution >= 0.6 is 27.3 Å². The van der Waals surface area contributed by atoms with E-state index in [4.69, 9.17) is 0 Å². The molecular formula is C19H23BrN3OS+. The molecule has 1 aromatic heterocycles. The van der Waals surface area contributed by atoms with Crippen molar-refractivity contribution in [2.75, 3.05) is 19.6 Å². The van der Waals surface area contributed by atoms with E-state index in [-0.39, 0.29) is 5.78 Å². The van der Waals surface area contributed by atoms with Gasteiger partial charge in [0.25, 0.3) is 0 Å². The molecule has 0 amide bonds. The number of Topliss-reactive ketones (excluding diaryl/α,β-unsaturated/α-hetero) is 1.